The summed E-state index contributed by atoms with van der Waals surface area (Å²) in [5.74, 6) is -1.08. The Kier molecular flexibility index (Phi) is 6.24. The fourth-order valence-corrected chi connectivity index (χ4v) is 4.70. The van der Waals surface area contributed by atoms with Crippen molar-refractivity contribution < 1.29 is 17.6 Å². The average molecular weight is 420 g/mol. The van der Waals surface area contributed by atoms with E-state index in [2.05, 4.69) is 5.32 Å². The maximum Gasteiger partial charge on any atom is 0.255 e. The minimum absolute atomic E-state index is 0.0228. The van der Waals surface area contributed by atoms with Crippen LogP contribution in [0.1, 0.15) is 37.0 Å². The van der Waals surface area contributed by atoms with E-state index in [1.807, 2.05) is 4.90 Å². The molecular formula is C21H26FN3O3S. The molecule has 2 aromatic carbocycles. The molecule has 1 aliphatic heterocycles. The second kappa shape index (κ2) is 8.51. The number of hydrogen-bond donors (Lipinski definition) is 1. The van der Waals surface area contributed by atoms with Gasteiger partial charge in [-0.15, -0.1) is 0 Å². The van der Waals surface area contributed by atoms with E-state index in [4.69, 9.17) is 0 Å². The van der Waals surface area contributed by atoms with Gasteiger partial charge in [-0.1, -0.05) is 12.1 Å². The molecular weight excluding hydrogens is 393 g/mol. The summed E-state index contributed by atoms with van der Waals surface area (Å²) >= 11 is 0. The van der Waals surface area contributed by atoms with Crippen molar-refractivity contribution in [1.82, 2.24) is 4.31 Å². The Labute approximate surface area is 171 Å². The molecule has 0 bridgehead atoms. The van der Waals surface area contributed by atoms with Crippen LogP contribution in [0.5, 0.6) is 0 Å². The molecule has 1 aliphatic rings. The second-order valence-electron chi connectivity index (χ2n) is 7.43. The van der Waals surface area contributed by atoms with Gasteiger partial charge in [-0.2, -0.15) is 4.31 Å². The van der Waals surface area contributed by atoms with Gasteiger partial charge in [0.2, 0.25) is 10.0 Å². The molecule has 156 valence electrons. The van der Waals surface area contributed by atoms with Crippen LogP contribution in [0.25, 0.3) is 0 Å². The van der Waals surface area contributed by atoms with Crippen LogP contribution in [0.2, 0.25) is 0 Å². The maximum atomic E-state index is 14.5. The molecule has 1 N–H and O–H groups in total. The van der Waals surface area contributed by atoms with Gasteiger partial charge >= 0.3 is 0 Å². The number of nitrogens with zero attached hydrogens (tertiary/aromatic N) is 2. The quantitative estimate of drug-likeness (QED) is 0.775. The molecule has 2 aromatic rings. The van der Waals surface area contributed by atoms with Crippen molar-refractivity contribution in [3.05, 3.63) is 53.8 Å². The SMILES string of the molecule is CC(C)N(C)S(=O)(=O)c1cccc(C(=O)Nc2c(F)cccc2N2CCCC2)c1. The van der Waals surface area contributed by atoms with Crippen LogP contribution in [0.3, 0.4) is 0 Å². The lowest BCUT2D eigenvalue weighted by molar-refractivity contribution is 0.102. The van der Waals surface area contributed by atoms with Crippen LogP contribution in [0, 0.1) is 5.82 Å². The first-order chi connectivity index (χ1) is 13.7. The highest BCUT2D eigenvalue weighted by molar-refractivity contribution is 7.89. The zero-order valence-corrected chi connectivity index (χ0v) is 17.7. The number of hydrogen-bond acceptors (Lipinski definition) is 4. The molecule has 1 amide bonds. The second-order valence-corrected chi connectivity index (χ2v) is 9.42. The smallest absolute Gasteiger partial charge is 0.255 e. The van der Waals surface area contributed by atoms with Gasteiger partial charge in [0.15, 0.2) is 0 Å². The molecule has 0 unspecified atom stereocenters. The Hall–Kier alpha value is -2.45. The molecule has 0 spiro atoms. The predicted octanol–water partition coefficient (Wildman–Crippen LogP) is 3.71. The third-order valence-electron chi connectivity index (χ3n) is 5.18. The number of carbonyl (C=O) groups excluding carboxylic acids is 1. The molecule has 1 heterocycles. The van der Waals surface area contributed by atoms with Gasteiger partial charge < -0.3 is 10.2 Å². The molecule has 29 heavy (non-hydrogen) atoms. The molecule has 0 atom stereocenters. The van der Waals surface area contributed by atoms with Crippen molar-refractivity contribution in [3.8, 4) is 0 Å². The van der Waals surface area contributed by atoms with E-state index < -0.39 is 21.7 Å². The number of amides is 1. The van der Waals surface area contributed by atoms with Gasteiger partial charge in [-0.25, -0.2) is 12.8 Å². The van der Waals surface area contributed by atoms with E-state index in [-0.39, 0.29) is 22.2 Å². The molecule has 1 fully saturated rings. The van der Waals surface area contributed by atoms with Crippen LogP contribution < -0.4 is 10.2 Å². The highest BCUT2D eigenvalue weighted by Gasteiger charge is 2.25. The molecule has 8 heteroatoms. The van der Waals surface area contributed by atoms with Crippen LogP contribution >= 0.6 is 0 Å². The van der Waals surface area contributed by atoms with Gasteiger partial charge in [0.05, 0.1) is 10.6 Å². The molecule has 0 aliphatic carbocycles. The Bertz CT molecular complexity index is 1000. The van der Waals surface area contributed by atoms with Crippen LogP contribution in [0.15, 0.2) is 47.4 Å². The molecule has 0 saturated carbocycles. The third-order valence-corrected chi connectivity index (χ3v) is 7.21. The molecule has 3 rings (SSSR count). The number of para-hydroxylation sites is 1. The van der Waals surface area contributed by atoms with Crippen LogP contribution in [-0.2, 0) is 10.0 Å². The Morgan fingerprint density at radius 1 is 1.14 bits per heavy atom. The van der Waals surface area contributed by atoms with Crippen molar-refractivity contribution in [3.63, 3.8) is 0 Å². The monoisotopic (exact) mass is 419 g/mol. The molecule has 0 aromatic heterocycles. The zero-order chi connectivity index (χ0) is 21.2. The number of benzene rings is 2. The van der Waals surface area contributed by atoms with E-state index >= 15 is 0 Å². The lowest BCUT2D eigenvalue weighted by atomic mass is 10.2. The Balaban J connectivity index is 1.90. The normalized spacial score (nSPS) is 14.6. The maximum absolute atomic E-state index is 14.5. The zero-order valence-electron chi connectivity index (χ0n) is 16.9. The van der Waals surface area contributed by atoms with Crippen LogP contribution in [0.4, 0.5) is 15.8 Å². The minimum atomic E-state index is -3.73. The average Bonchev–Trinajstić information content (AvgIpc) is 3.23. The van der Waals surface area contributed by atoms with Crippen LogP contribution in [-0.4, -0.2) is 44.8 Å². The highest BCUT2D eigenvalue weighted by atomic mass is 32.2. The Morgan fingerprint density at radius 3 is 2.45 bits per heavy atom. The first kappa shape index (κ1) is 21.3. The topological polar surface area (TPSA) is 69.7 Å². The highest BCUT2D eigenvalue weighted by Crippen LogP contribution is 2.31. The number of rotatable bonds is 6. The van der Waals surface area contributed by atoms with E-state index in [9.17, 15) is 17.6 Å². The number of halogens is 1. The van der Waals surface area contributed by atoms with Crippen molar-refractivity contribution in [2.75, 3.05) is 30.4 Å². The summed E-state index contributed by atoms with van der Waals surface area (Å²) < 4.78 is 41.2. The summed E-state index contributed by atoms with van der Waals surface area (Å²) in [6.07, 6.45) is 2.04. The van der Waals surface area contributed by atoms with Crippen molar-refractivity contribution in [2.45, 2.75) is 37.6 Å². The summed E-state index contributed by atoms with van der Waals surface area (Å²) in [7, 11) is -2.23. The fourth-order valence-electron chi connectivity index (χ4n) is 3.29. The van der Waals surface area contributed by atoms with E-state index in [0.717, 1.165) is 25.9 Å². The van der Waals surface area contributed by atoms with Gasteiger partial charge in [-0.05, 0) is 57.0 Å². The minimum Gasteiger partial charge on any atom is -0.370 e. The Morgan fingerprint density at radius 2 is 1.79 bits per heavy atom. The van der Waals surface area contributed by atoms with Gasteiger partial charge in [-0.3, -0.25) is 4.79 Å². The first-order valence-corrected chi connectivity index (χ1v) is 11.1. The molecule has 6 nitrogen and oxygen atoms in total. The standard InChI is InChI=1S/C21H26FN3O3S/c1-15(2)24(3)29(27,28)17-9-6-8-16(14-17)21(26)23-20-18(22)10-7-11-19(20)25-12-4-5-13-25/h6-11,14-15H,4-5,12-13H2,1-3H3,(H,23,26). The number of anilines is 2. The molecule has 1 saturated heterocycles. The summed E-state index contributed by atoms with van der Waals surface area (Å²) in [5, 5.41) is 2.64. The van der Waals surface area contributed by atoms with E-state index in [0.29, 0.717) is 5.69 Å². The lowest BCUT2D eigenvalue weighted by Gasteiger charge is -2.22. The van der Waals surface area contributed by atoms with Gasteiger partial charge in [0.25, 0.3) is 5.91 Å². The number of sulfonamides is 1. The van der Waals surface area contributed by atoms with E-state index in [1.165, 1.54) is 41.7 Å². The number of nitrogens with one attached hydrogen (secondary N) is 1. The van der Waals surface area contributed by atoms with Crippen molar-refractivity contribution in [2.24, 2.45) is 0 Å². The summed E-state index contributed by atoms with van der Waals surface area (Å²) in [5.41, 5.74) is 0.907. The van der Waals surface area contributed by atoms with Gasteiger partial charge in [0.1, 0.15) is 11.5 Å². The number of carbonyl (C=O) groups is 1. The fraction of sp³-hybridized carbons (Fsp3) is 0.381. The first-order valence-electron chi connectivity index (χ1n) is 9.64. The molecule has 0 radical (unpaired) electrons. The largest absolute Gasteiger partial charge is 0.370 e. The van der Waals surface area contributed by atoms with Gasteiger partial charge in [0, 0.05) is 31.7 Å². The summed E-state index contributed by atoms with van der Waals surface area (Å²) in [6.45, 7) is 5.15. The lowest BCUT2D eigenvalue weighted by Crippen LogP contribution is -2.33. The van der Waals surface area contributed by atoms with Crippen molar-refractivity contribution >= 4 is 27.3 Å². The van der Waals surface area contributed by atoms with Crippen molar-refractivity contribution in [1.29, 1.82) is 0 Å². The third kappa shape index (κ3) is 4.43. The predicted molar refractivity (Wildman–Crippen MR) is 112 cm³/mol. The summed E-state index contributed by atoms with van der Waals surface area (Å²) in [6, 6.07) is 10.3. The summed E-state index contributed by atoms with van der Waals surface area (Å²) in [4.78, 5) is 14.9. The van der Waals surface area contributed by atoms with E-state index in [1.54, 1.807) is 26.0 Å².